The highest BCUT2D eigenvalue weighted by Crippen LogP contribution is 2.21. The van der Waals surface area contributed by atoms with Crippen molar-refractivity contribution >= 4 is 17.7 Å². The fourth-order valence-corrected chi connectivity index (χ4v) is 2.12. The van der Waals surface area contributed by atoms with Crippen LogP contribution < -0.4 is 10.1 Å². The van der Waals surface area contributed by atoms with Gasteiger partial charge in [0, 0.05) is 11.1 Å². The predicted molar refractivity (Wildman–Crippen MR) is 94.7 cm³/mol. The molecule has 0 spiro atoms. The lowest BCUT2D eigenvalue weighted by molar-refractivity contribution is -0.148. The normalized spacial score (nSPS) is 12.7. The van der Waals surface area contributed by atoms with Gasteiger partial charge in [0.25, 0.3) is 5.91 Å². The first-order chi connectivity index (χ1) is 12.1. The molecule has 1 aromatic rings. The summed E-state index contributed by atoms with van der Waals surface area (Å²) >= 11 is 0. The fourth-order valence-electron chi connectivity index (χ4n) is 2.12. The van der Waals surface area contributed by atoms with Gasteiger partial charge in [-0.1, -0.05) is 13.8 Å². The Kier molecular flexibility index (Phi) is 7.32. The Labute approximate surface area is 153 Å². The molecule has 0 saturated carbocycles. The van der Waals surface area contributed by atoms with Gasteiger partial charge in [-0.2, -0.15) is 5.26 Å². The number of carbonyl (C=O) groups excluding carboxylic acids is 3. The second kappa shape index (κ2) is 8.99. The van der Waals surface area contributed by atoms with Gasteiger partial charge in [0.05, 0.1) is 19.6 Å². The lowest BCUT2D eigenvalue weighted by atomic mass is 9.90. The van der Waals surface area contributed by atoms with E-state index in [-0.39, 0.29) is 18.1 Å². The van der Waals surface area contributed by atoms with E-state index in [1.54, 1.807) is 25.1 Å². The Morgan fingerprint density at radius 3 is 2.46 bits per heavy atom. The van der Waals surface area contributed by atoms with Crippen molar-refractivity contribution in [2.45, 2.75) is 39.7 Å². The predicted octanol–water partition coefficient (Wildman–Crippen LogP) is 2.04. The van der Waals surface area contributed by atoms with Crippen LogP contribution in [0.1, 0.15) is 43.6 Å². The van der Waals surface area contributed by atoms with E-state index in [1.165, 1.54) is 14.0 Å². The number of carbonyl (C=O) groups is 3. The first-order valence-electron chi connectivity index (χ1n) is 8.18. The van der Waals surface area contributed by atoms with Gasteiger partial charge in [0.1, 0.15) is 11.3 Å². The topological polar surface area (TPSA) is 105 Å². The molecule has 0 aliphatic rings. The van der Waals surface area contributed by atoms with Gasteiger partial charge in [-0.05, 0) is 38.0 Å². The summed E-state index contributed by atoms with van der Waals surface area (Å²) in [6.07, 6.45) is -0.142. The molecule has 7 nitrogen and oxygen atoms in total. The molecule has 0 unspecified atom stereocenters. The maximum absolute atomic E-state index is 12.0. The first kappa shape index (κ1) is 21.2. The van der Waals surface area contributed by atoms with Crippen LogP contribution in [0.4, 0.5) is 0 Å². The van der Waals surface area contributed by atoms with Crippen LogP contribution in [-0.2, 0) is 20.7 Å². The summed E-state index contributed by atoms with van der Waals surface area (Å²) in [6, 6.07) is 6.82. The standard InChI is InChI=1S/C19H24N2O5/c1-12(2)19(4,11-20)21-17(23)10-26-18(24)9-15-8-14(13(3)22)6-7-16(15)25-5/h6-8,12H,9-10H2,1-5H3,(H,21,23)/t19-/m1/s1. The number of nitrogens with one attached hydrogen (secondary N) is 1. The molecule has 1 atom stereocenters. The van der Waals surface area contributed by atoms with E-state index in [2.05, 4.69) is 5.32 Å². The van der Waals surface area contributed by atoms with E-state index >= 15 is 0 Å². The van der Waals surface area contributed by atoms with Crippen LogP contribution >= 0.6 is 0 Å². The van der Waals surface area contributed by atoms with Crippen molar-refractivity contribution in [3.63, 3.8) is 0 Å². The lowest BCUT2D eigenvalue weighted by Crippen LogP contribution is -2.50. The number of ketones is 1. The maximum Gasteiger partial charge on any atom is 0.310 e. The van der Waals surface area contributed by atoms with Gasteiger partial charge < -0.3 is 14.8 Å². The number of hydrogen-bond donors (Lipinski definition) is 1. The summed E-state index contributed by atoms with van der Waals surface area (Å²) in [5, 5.41) is 11.8. The van der Waals surface area contributed by atoms with Crippen molar-refractivity contribution in [1.29, 1.82) is 5.26 Å². The molecule has 26 heavy (non-hydrogen) atoms. The molecule has 0 aromatic heterocycles. The average molecular weight is 360 g/mol. The third kappa shape index (κ3) is 5.59. The summed E-state index contributed by atoms with van der Waals surface area (Å²) in [5.41, 5.74) is -0.0922. The van der Waals surface area contributed by atoms with Crippen LogP contribution in [0.15, 0.2) is 18.2 Å². The summed E-state index contributed by atoms with van der Waals surface area (Å²) in [6.45, 7) is 6.16. The molecule has 0 radical (unpaired) electrons. The fraction of sp³-hybridized carbons (Fsp3) is 0.474. The van der Waals surface area contributed by atoms with E-state index < -0.39 is 24.0 Å². The van der Waals surface area contributed by atoms with E-state index in [0.29, 0.717) is 16.9 Å². The van der Waals surface area contributed by atoms with E-state index in [9.17, 15) is 19.6 Å². The summed E-state index contributed by atoms with van der Waals surface area (Å²) < 4.78 is 10.2. The number of nitrogens with zero attached hydrogens (tertiary/aromatic N) is 1. The Hall–Kier alpha value is -2.88. The van der Waals surface area contributed by atoms with Gasteiger partial charge in [-0.25, -0.2) is 0 Å². The average Bonchev–Trinajstić information content (AvgIpc) is 2.59. The van der Waals surface area contributed by atoms with Gasteiger partial charge >= 0.3 is 5.97 Å². The highest BCUT2D eigenvalue weighted by atomic mass is 16.5. The number of ether oxygens (including phenoxy) is 2. The molecule has 0 heterocycles. The van der Waals surface area contributed by atoms with Gasteiger partial charge in [-0.15, -0.1) is 0 Å². The molecule has 0 saturated heterocycles. The minimum Gasteiger partial charge on any atom is -0.496 e. The lowest BCUT2D eigenvalue weighted by Gasteiger charge is -2.27. The largest absolute Gasteiger partial charge is 0.496 e. The Bertz CT molecular complexity index is 736. The van der Waals surface area contributed by atoms with Crippen LogP contribution in [0.5, 0.6) is 5.75 Å². The summed E-state index contributed by atoms with van der Waals surface area (Å²) in [7, 11) is 1.46. The van der Waals surface area contributed by atoms with Crippen LogP contribution in [0, 0.1) is 17.2 Å². The zero-order chi connectivity index (χ0) is 19.9. The number of nitriles is 1. The molecular formula is C19H24N2O5. The highest BCUT2D eigenvalue weighted by molar-refractivity contribution is 5.94. The summed E-state index contributed by atoms with van der Waals surface area (Å²) in [5.74, 6) is -0.979. The second-order valence-corrected chi connectivity index (χ2v) is 6.44. The molecule has 1 N–H and O–H groups in total. The number of rotatable bonds is 8. The van der Waals surface area contributed by atoms with Gasteiger partial charge in [-0.3, -0.25) is 14.4 Å². The third-order valence-electron chi connectivity index (χ3n) is 4.17. The van der Waals surface area contributed by atoms with Gasteiger partial charge in [0.15, 0.2) is 12.4 Å². The van der Waals surface area contributed by atoms with Crippen molar-refractivity contribution in [2.24, 2.45) is 5.92 Å². The summed E-state index contributed by atoms with van der Waals surface area (Å²) in [4.78, 5) is 35.4. The number of benzene rings is 1. The molecular weight excluding hydrogens is 336 g/mol. The highest BCUT2D eigenvalue weighted by Gasteiger charge is 2.30. The molecule has 0 bridgehead atoms. The molecule has 0 fully saturated rings. The maximum atomic E-state index is 12.0. The van der Waals surface area contributed by atoms with Crippen LogP contribution in [-0.4, -0.2) is 36.9 Å². The number of amides is 1. The Morgan fingerprint density at radius 2 is 1.96 bits per heavy atom. The van der Waals surface area contributed by atoms with E-state index in [1.807, 2.05) is 19.9 Å². The zero-order valence-corrected chi connectivity index (χ0v) is 15.7. The van der Waals surface area contributed by atoms with Crippen LogP contribution in [0.25, 0.3) is 0 Å². The van der Waals surface area contributed by atoms with E-state index in [0.717, 1.165) is 0 Å². The monoisotopic (exact) mass is 360 g/mol. The molecule has 1 aromatic carbocycles. The third-order valence-corrected chi connectivity index (χ3v) is 4.17. The minimum atomic E-state index is -1.04. The quantitative estimate of drug-likeness (QED) is 0.562. The number of Topliss-reactive ketones (excluding diaryl/α,β-unsaturated/α-hetero) is 1. The van der Waals surface area contributed by atoms with Crippen LogP contribution in [0.2, 0.25) is 0 Å². The first-order valence-corrected chi connectivity index (χ1v) is 8.18. The van der Waals surface area contributed by atoms with Crippen molar-refractivity contribution in [2.75, 3.05) is 13.7 Å². The number of esters is 1. The molecule has 140 valence electrons. The van der Waals surface area contributed by atoms with E-state index in [4.69, 9.17) is 9.47 Å². The molecule has 7 heteroatoms. The second-order valence-electron chi connectivity index (χ2n) is 6.44. The van der Waals surface area contributed by atoms with Gasteiger partial charge in [0.2, 0.25) is 0 Å². The van der Waals surface area contributed by atoms with Crippen molar-refractivity contribution < 1.29 is 23.9 Å². The van der Waals surface area contributed by atoms with Crippen molar-refractivity contribution in [3.8, 4) is 11.8 Å². The molecule has 1 amide bonds. The van der Waals surface area contributed by atoms with Crippen LogP contribution in [0.3, 0.4) is 0 Å². The Balaban J connectivity index is 2.70. The Morgan fingerprint density at radius 1 is 1.31 bits per heavy atom. The molecule has 0 aliphatic carbocycles. The van der Waals surface area contributed by atoms with Crippen molar-refractivity contribution in [3.05, 3.63) is 29.3 Å². The SMILES string of the molecule is COc1ccc(C(C)=O)cc1CC(=O)OCC(=O)N[C@](C)(C#N)C(C)C. The number of methoxy groups -OCH3 is 1. The zero-order valence-electron chi connectivity index (χ0n) is 15.7. The molecule has 1 rings (SSSR count). The molecule has 0 aliphatic heterocycles. The minimum absolute atomic E-state index is 0.106. The van der Waals surface area contributed by atoms with Crippen molar-refractivity contribution in [1.82, 2.24) is 5.32 Å². The smallest absolute Gasteiger partial charge is 0.310 e. The number of hydrogen-bond acceptors (Lipinski definition) is 6.